The minimum Gasteiger partial charge on any atom is -0.389 e. The molecule has 0 radical (unpaired) electrons. The van der Waals surface area contributed by atoms with Crippen LogP contribution in [0.5, 0.6) is 0 Å². The van der Waals surface area contributed by atoms with E-state index in [2.05, 4.69) is 10.2 Å². The molecular weight excluding hydrogens is 363 g/mol. The molecule has 0 saturated heterocycles. The van der Waals surface area contributed by atoms with Gasteiger partial charge in [0.25, 0.3) is 5.56 Å². The van der Waals surface area contributed by atoms with Crippen LogP contribution in [-0.4, -0.2) is 22.1 Å². The van der Waals surface area contributed by atoms with Crippen molar-refractivity contribution in [3.8, 4) is 0 Å². The Balaban J connectivity index is 1.93. The average molecular weight is 382 g/mol. The van der Waals surface area contributed by atoms with Gasteiger partial charge >= 0.3 is 11.9 Å². The van der Waals surface area contributed by atoms with Crippen LogP contribution in [0.4, 0.5) is 4.39 Å². The lowest BCUT2D eigenvalue weighted by Gasteiger charge is -2.15. The SMILES string of the molecule is CC(C)(C)C(=O)OC(=O)c1cc(Cc2n[nH]c(=O)c3ccccc23)ccc1F. The number of rotatable bonds is 3. The summed E-state index contributed by atoms with van der Waals surface area (Å²) in [6.45, 7) is 4.80. The maximum Gasteiger partial charge on any atom is 0.348 e. The lowest BCUT2D eigenvalue weighted by Crippen LogP contribution is -2.26. The Hall–Kier alpha value is -3.35. The summed E-state index contributed by atoms with van der Waals surface area (Å²) in [6, 6.07) is 11.0. The van der Waals surface area contributed by atoms with Gasteiger partial charge in [0.1, 0.15) is 5.82 Å². The zero-order valence-corrected chi connectivity index (χ0v) is 15.7. The van der Waals surface area contributed by atoms with E-state index in [0.717, 1.165) is 6.07 Å². The molecule has 0 unspecified atom stereocenters. The van der Waals surface area contributed by atoms with Gasteiger partial charge in [0.2, 0.25) is 0 Å². The molecule has 1 N–H and O–H groups in total. The summed E-state index contributed by atoms with van der Waals surface area (Å²) in [6.07, 6.45) is 0.255. The van der Waals surface area contributed by atoms with Crippen LogP contribution < -0.4 is 5.56 Å². The molecule has 0 aliphatic heterocycles. The summed E-state index contributed by atoms with van der Waals surface area (Å²) in [5.41, 5.74) is -0.358. The Labute approximate surface area is 160 Å². The molecule has 3 aromatic rings. The van der Waals surface area contributed by atoms with E-state index in [-0.39, 0.29) is 17.5 Å². The third-order valence-electron chi connectivity index (χ3n) is 4.20. The maximum atomic E-state index is 14.1. The van der Waals surface area contributed by atoms with Crippen LogP contribution >= 0.6 is 0 Å². The largest absolute Gasteiger partial charge is 0.389 e. The minimum atomic E-state index is -1.04. The van der Waals surface area contributed by atoms with E-state index in [0.29, 0.717) is 22.0 Å². The summed E-state index contributed by atoms with van der Waals surface area (Å²) in [5, 5.41) is 7.68. The molecule has 0 bridgehead atoms. The van der Waals surface area contributed by atoms with E-state index in [1.807, 2.05) is 0 Å². The van der Waals surface area contributed by atoms with Crippen LogP contribution in [0, 0.1) is 11.2 Å². The van der Waals surface area contributed by atoms with Crippen LogP contribution in [0.15, 0.2) is 47.3 Å². The van der Waals surface area contributed by atoms with Gasteiger partial charge in [-0.15, -0.1) is 0 Å². The minimum absolute atomic E-state index is 0.255. The number of fused-ring (bicyclic) bond motifs is 1. The molecule has 3 rings (SSSR count). The number of carbonyl (C=O) groups excluding carboxylic acids is 2. The highest BCUT2D eigenvalue weighted by molar-refractivity contribution is 5.98. The van der Waals surface area contributed by atoms with E-state index < -0.39 is 23.2 Å². The van der Waals surface area contributed by atoms with Crippen LogP contribution in [0.25, 0.3) is 10.8 Å². The molecule has 0 aliphatic rings. The molecule has 0 spiro atoms. The van der Waals surface area contributed by atoms with Crippen LogP contribution in [-0.2, 0) is 16.0 Å². The first-order chi connectivity index (χ1) is 13.2. The topological polar surface area (TPSA) is 89.1 Å². The molecule has 0 fully saturated rings. The number of benzene rings is 2. The number of aromatic nitrogens is 2. The Bertz CT molecular complexity index is 1130. The van der Waals surface area contributed by atoms with Crippen molar-refractivity contribution in [2.75, 3.05) is 0 Å². The molecule has 144 valence electrons. The Kier molecular flexibility index (Phi) is 5.09. The molecule has 1 heterocycles. The highest BCUT2D eigenvalue weighted by Gasteiger charge is 2.27. The highest BCUT2D eigenvalue weighted by Crippen LogP contribution is 2.21. The van der Waals surface area contributed by atoms with Crippen molar-refractivity contribution >= 4 is 22.7 Å². The molecule has 7 heteroatoms. The van der Waals surface area contributed by atoms with Gasteiger partial charge in [-0.05, 0) is 44.5 Å². The summed E-state index contributed by atoms with van der Waals surface area (Å²) >= 11 is 0. The summed E-state index contributed by atoms with van der Waals surface area (Å²) in [5.74, 6) is -2.57. The van der Waals surface area contributed by atoms with Gasteiger partial charge in [0.05, 0.1) is 22.1 Å². The molecule has 0 saturated carbocycles. The van der Waals surface area contributed by atoms with E-state index in [9.17, 15) is 18.8 Å². The second kappa shape index (κ2) is 7.34. The van der Waals surface area contributed by atoms with E-state index in [1.54, 1.807) is 45.0 Å². The standard InChI is InChI=1S/C21H19FN2O4/c1-21(2,3)20(27)28-19(26)15-10-12(8-9-16(15)22)11-17-13-6-4-5-7-14(13)18(25)24-23-17/h4-10H,11H2,1-3H3,(H,24,25). The number of esters is 2. The number of ether oxygens (including phenoxy) is 1. The van der Waals surface area contributed by atoms with Gasteiger partial charge in [-0.25, -0.2) is 14.3 Å². The third kappa shape index (κ3) is 3.98. The fourth-order valence-electron chi connectivity index (χ4n) is 2.63. The summed E-state index contributed by atoms with van der Waals surface area (Å²) in [7, 11) is 0. The lowest BCUT2D eigenvalue weighted by atomic mass is 9.97. The maximum absolute atomic E-state index is 14.1. The van der Waals surface area contributed by atoms with Crippen molar-refractivity contribution in [1.82, 2.24) is 10.2 Å². The monoisotopic (exact) mass is 382 g/mol. The van der Waals surface area contributed by atoms with Gasteiger partial charge in [-0.2, -0.15) is 5.10 Å². The van der Waals surface area contributed by atoms with Crippen molar-refractivity contribution in [3.05, 3.63) is 75.5 Å². The van der Waals surface area contributed by atoms with E-state index in [4.69, 9.17) is 4.74 Å². The number of aromatic amines is 1. The number of halogens is 1. The summed E-state index contributed by atoms with van der Waals surface area (Å²) < 4.78 is 18.9. The molecule has 0 amide bonds. The first kappa shape index (κ1) is 19.4. The number of hydrogen-bond acceptors (Lipinski definition) is 5. The van der Waals surface area contributed by atoms with Crippen molar-refractivity contribution in [2.45, 2.75) is 27.2 Å². The molecule has 28 heavy (non-hydrogen) atoms. The number of nitrogens with zero attached hydrogens (tertiary/aromatic N) is 1. The first-order valence-electron chi connectivity index (χ1n) is 8.68. The second-order valence-corrected chi connectivity index (χ2v) is 7.46. The molecule has 2 aromatic carbocycles. The van der Waals surface area contributed by atoms with Crippen molar-refractivity contribution in [2.24, 2.45) is 5.41 Å². The lowest BCUT2D eigenvalue weighted by molar-refractivity contribution is -0.146. The Morgan fingerprint density at radius 2 is 1.79 bits per heavy atom. The summed E-state index contributed by atoms with van der Waals surface area (Å²) in [4.78, 5) is 36.0. The van der Waals surface area contributed by atoms with Crippen molar-refractivity contribution in [3.63, 3.8) is 0 Å². The van der Waals surface area contributed by atoms with E-state index in [1.165, 1.54) is 12.1 Å². The number of carbonyl (C=O) groups is 2. The smallest absolute Gasteiger partial charge is 0.348 e. The molecule has 6 nitrogen and oxygen atoms in total. The van der Waals surface area contributed by atoms with E-state index >= 15 is 0 Å². The van der Waals surface area contributed by atoms with Crippen LogP contribution in [0.2, 0.25) is 0 Å². The average Bonchev–Trinajstić information content (AvgIpc) is 2.65. The van der Waals surface area contributed by atoms with Gasteiger partial charge in [-0.1, -0.05) is 24.3 Å². The van der Waals surface area contributed by atoms with Gasteiger partial charge in [0, 0.05) is 11.8 Å². The predicted molar refractivity (Wildman–Crippen MR) is 101 cm³/mol. The first-order valence-corrected chi connectivity index (χ1v) is 8.68. The van der Waals surface area contributed by atoms with Crippen molar-refractivity contribution in [1.29, 1.82) is 0 Å². The Morgan fingerprint density at radius 3 is 2.46 bits per heavy atom. The normalized spacial score (nSPS) is 11.4. The van der Waals surface area contributed by atoms with Crippen LogP contribution in [0.3, 0.4) is 0 Å². The predicted octanol–water partition coefficient (Wildman–Crippen LogP) is 3.38. The van der Waals surface area contributed by atoms with Crippen molar-refractivity contribution < 1.29 is 18.7 Å². The second-order valence-electron chi connectivity index (χ2n) is 7.46. The van der Waals surface area contributed by atoms with Gasteiger partial charge < -0.3 is 4.74 Å². The zero-order chi connectivity index (χ0) is 20.5. The van der Waals surface area contributed by atoms with Gasteiger partial charge in [0.15, 0.2) is 0 Å². The molecule has 0 atom stereocenters. The Morgan fingerprint density at radius 1 is 1.11 bits per heavy atom. The zero-order valence-electron chi connectivity index (χ0n) is 15.7. The quantitative estimate of drug-likeness (QED) is 0.554. The fourth-order valence-corrected chi connectivity index (χ4v) is 2.63. The molecule has 1 aromatic heterocycles. The molecular formula is C21H19FN2O4. The van der Waals surface area contributed by atoms with Gasteiger partial charge in [-0.3, -0.25) is 9.59 Å². The van der Waals surface area contributed by atoms with Crippen LogP contribution in [0.1, 0.15) is 42.4 Å². The fraction of sp³-hybridized carbons (Fsp3) is 0.238. The molecule has 0 aliphatic carbocycles. The number of hydrogen-bond donors (Lipinski definition) is 1. The number of nitrogens with one attached hydrogen (secondary N) is 1. The highest BCUT2D eigenvalue weighted by atomic mass is 19.1. The number of H-pyrrole nitrogens is 1. The third-order valence-corrected chi connectivity index (χ3v) is 4.20.